The number of anilines is 1. The van der Waals surface area contributed by atoms with Gasteiger partial charge in [0.15, 0.2) is 0 Å². The Morgan fingerprint density at radius 3 is 2.16 bits per heavy atom. The molecule has 2 aromatic carbocycles. The Bertz CT molecular complexity index is 1600. The van der Waals surface area contributed by atoms with Crippen LogP contribution < -0.4 is 4.72 Å². The number of alkyl halides is 4. The van der Waals surface area contributed by atoms with E-state index in [9.17, 15) is 43.2 Å². The number of rotatable bonds is 7. The Morgan fingerprint density at radius 2 is 1.58 bits per heavy atom. The van der Waals surface area contributed by atoms with Crippen molar-refractivity contribution in [3.05, 3.63) is 75.5 Å². The quantitative estimate of drug-likeness (QED) is 0.257. The first-order valence-corrected chi connectivity index (χ1v) is 14.6. The molecule has 0 amide bonds. The zero-order valence-corrected chi connectivity index (χ0v) is 22.6. The number of aryl methyl sites for hydroxylation is 1. The van der Waals surface area contributed by atoms with Gasteiger partial charge in [0.25, 0.3) is 20.0 Å². The molecule has 15 heteroatoms. The number of nitrogens with zero attached hydrogens (tertiary/aromatic N) is 1. The van der Waals surface area contributed by atoms with E-state index in [1.54, 1.807) is 6.92 Å². The summed E-state index contributed by atoms with van der Waals surface area (Å²) in [7, 11) is -9.48. The number of hydrogen-bond acceptors (Lipinski definition) is 4. The SMILES string of the molecule is Cc1ccc(S(=O)(=O)n2cc(S(=O)(=O)Nc3cc(F)c(Br)cc3F)c3c2CC(C(F)F)(C(F)F)CC3)cc1. The van der Waals surface area contributed by atoms with Gasteiger partial charge in [0.1, 0.15) is 16.5 Å². The Kier molecular flexibility index (Phi) is 7.42. The van der Waals surface area contributed by atoms with Crippen molar-refractivity contribution in [1.29, 1.82) is 0 Å². The van der Waals surface area contributed by atoms with E-state index in [0.717, 1.165) is 0 Å². The van der Waals surface area contributed by atoms with Gasteiger partial charge < -0.3 is 0 Å². The van der Waals surface area contributed by atoms with Crippen molar-refractivity contribution in [2.24, 2.45) is 5.41 Å². The van der Waals surface area contributed by atoms with E-state index in [0.29, 0.717) is 27.9 Å². The summed E-state index contributed by atoms with van der Waals surface area (Å²) >= 11 is 2.75. The van der Waals surface area contributed by atoms with Crippen LogP contribution in [-0.2, 0) is 32.9 Å². The first-order chi connectivity index (χ1) is 17.6. The fraction of sp³-hybridized carbons (Fsp3) is 0.304. The summed E-state index contributed by atoms with van der Waals surface area (Å²) in [6, 6.07) is 6.47. The number of nitrogens with one attached hydrogen (secondary N) is 1. The highest BCUT2D eigenvalue weighted by Crippen LogP contribution is 2.47. The fourth-order valence-corrected chi connectivity index (χ4v) is 7.43. The molecule has 0 aliphatic heterocycles. The molecule has 0 unspecified atom stereocenters. The molecule has 0 fully saturated rings. The van der Waals surface area contributed by atoms with Gasteiger partial charge in [-0.1, -0.05) is 17.7 Å². The second-order valence-corrected chi connectivity index (χ2v) is 13.2. The summed E-state index contributed by atoms with van der Waals surface area (Å²) < 4.78 is 139. The van der Waals surface area contributed by atoms with Crippen molar-refractivity contribution in [1.82, 2.24) is 3.97 Å². The molecule has 0 bridgehead atoms. The minimum absolute atomic E-state index is 0.289. The third kappa shape index (κ3) is 4.83. The maximum absolute atomic E-state index is 14.4. The average Bonchev–Trinajstić information content (AvgIpc) is 3.23. The Balaban J connectivity index is 1.92. The second kappa shape index (κ2) is 9.90. The molecule has 1 aliphatic carbocycles. The zero-order valence-electron chi connectivity index (χ0n) is 19.4. The van der Waals surface area contributed by atoms with E-state index in [4.69, 9.17) is 0 Å². The van der Waals surface area contributed by atoms with Gasteiger partial charge in [-0.2, -0.15) is 0 Å². The average molecular weight is 645 g/mol. The smallest absolute Gasteiger partial charge is 0.267 e. The van der Waals surface area contributed by atoms with Crippen molar-refractivity contribution >= 4 is 41.7 Å². The maximum atomic E-state index is 14.4. The summed E-state index contributed by atoms with van der Waals surface area (Å²) in [6.45, 7) is 1.67. The molecular weight excluding hydrogens is 626 g/mol. The van der Waals surface area contributed by atoms with Crippen LogP contribution >= 0.6 is 15.9 Å². The lowest BCUT2D eigenvalue weighted by Crippen LogP contribution is -2.43. The first-order valence-electron chi connectivity index (χ1n) is 10.9. The number of hydrogen-bond donors (Lipinski definition) is 1. The highest BCUT2D eigenvalue weighted by atomic mass is 79.9. The summed E-state index contributed by atoms with van der Waals surface area (Å²) in [5.74, 6) is -2.18. The lowest BCUT2D eigenvalue weighted by atomic mass is 9.74. The van der Waals surface area contributed by atoms with Crippen LogP contribution in [0.2, 0.25) is 0 Å². The number of halogens is 7. The van der Waals surface area contributed by atoms with Crippen LogP contribution in [0.15, 0.2) is 56.9 Å². The van der Waals surface area contributed by atoms with Gasteiger partial charge >= 0.3 is 0 Å². The molecule has 1 aromatic heterocycles. The summed E-state index contributed by atoms with van der Waals surface area (Å²) in [5, 5.41) is 0. The summed E-state index contributed by atoms with van der Waals surface area (Å²) in [6.07, 6.45) is -9.08. The number of aromatic nitrogens is 1. The standard InChI is InChI=1S/C23H19BrF6N2O4S2/c1-12-2-4-13(5-3-12)38(35,36)32-11-20(14-6-7-23(21(27)28,22(29)30)10-19(14)32)37(33,34)31-18-9-16(25)15(24)8-17(18)26/h2-5,8-9,11,21-22,31H,6-7,10H2,1H3. The number of sulfonamides is 1. The van der Waals surface area contributed by atoms with E-state index in [2.05, 4.69) is 15.9 Å². The van der Waals surface area contributed by atoms with Crippen molar-refractivity contribution in [3.8, 4) is 0 Å². The molecule has 38 heavy (non-hydrogen) atoms. The second-order valence-electron chi connectivity index (χ2n) is 8.90. The summed E-state index contributed by atoms with van der Waals surface area (Å²) in [4.78, 5) is -1.09. The van der Waals surface area contributed by atoms with Gasteiger partial charge in [-0.15, -0.1) is 0 Å². The molecule has 0 saturated carbocycles. The molecule has 0 spiro atoms. The van der Waals surface area contributed by atoms with Gasteiger partial charge in [0.2, 0.25) is 12.9 Å². The predicted octanol–water partition coefficient (Wildman–Crippen LogP) is 5.88. The highest BCUT2D eigenvalue weighted by molar-refractivity contribution is 9.10. The summed E-state index contributed by atoms with van der Waals surface area (Å²) in [5.41, 5.74) is -3.88. The van der Waals surface area contributed by atoms with E-state index in [-0.39, 0.29) is 14.9 Å². The van der Waals surface area contributed by atoms with E-state index in [1.165, 1.54) is 24.3 Å². The molecule has 0 radical (unpaired) electrons. The molecule has 1 heterocycles. The first kappa shape index (κ1) is 28.5. The fourth-order valence-electron chi connectivity index (χ4n) is 4.29. The van der Waals surface area contributed by atoms with Crippen molar-refractivity contribution in [3.63, 3.8) is 0 Å². The molecule has 1 N–H and O–H groups in total. The van der Waals surface area contributed by atoms with Crippen LogP contribution in [0.1, 0.15) is 23.2 Å². The molecule has 0 atom stereocenters. The van der Waals surface area contributed by atoms with Crippen LogP contribution in [0.4, 0.5) is 32.0 Å². The topological polar surface area (TPSA) is 85.2 Å². The normalized spacial score (nSPS) is 15.6. The molecule has 4 rings (SSSR count). The minimum Gasteiger partial charge on any atom is -0.276 e. The van der Waals surface area contributed by atoms with Gasteiger partial charge in [-0.3, -0.25) is 4.72 Å². The largest absolute Gasteiger partial charge is 0.276 e. The monoisotopic (exact) mass is 644 g/mol. The Hall–Kier alpha value is -2.52. The Morgan fingerprint density at radius 1 is 0.974 bits per heavy atom. The van der Waals surface area contributed by atoms with E-state index < -0.39 is 85.5 Å². The predicted molar refractivity (Wildman–Crippen MR) is 130 cm³/mol. The van der Waals surface area contributed by atoms with E-state index >= 15 is 0 Å². The number of benzene rings is 2. The molecule has 1 aliphatic rings. The van der Waals surface area contributed by atoms with Crippen LogP contribution in [0.5, 0.6) is 0 Å². The third-order valence-corrected chi connectivity index (χ3v) is 10.2. The van der Waals surface area contributed by atoms with Crippen LogP contribution in [-0.4, -0.2) is 33.7 Å². The number of fused-ring (bicyclic) bond motifs is 1. The van der Waals surface area contributed by atoms with Gasteiger partial charge in [-0.05, 0) is 59.5 Å². The van der Waals surface area contributed by atoms with Crippen LogP contribution in [0.3, 0.4) is 0 Å². The zero-order chi connectivity index (χ0) is 28.2. The lowest BCUT2D eigenvalue weighted by molar-refractivity contribution is -0.117. The van der Waals surface area contributed by atoms with E-state index in [1.807, 2.05) is 4.72 Å². The van der Waals surface area contributed by atoms with Gasteiger partial charge in [0, 0.05) is 24.4 Å². The maximum Gasteiger partial charge on any atom is 0.267 e. The van der Waals surface area contributed by atoms with Gasteiger partial charge in [0.05, 0.1) is 20.5 Å². The molecule has 206 valence electrons. The highest BCUT2D eigenvalue weighted by Gasteiger charge is 2.52. The van der Waals surface area contributed by atoms with Gasteiger partial charge in [-0.25, -0.2) is 47.2 Å². The molecule has 6 nitrogen and oxygen atoms in total. The van der Waals surface area contributed by atoms with Crippen molar-refractivity contribution in [2.75, 3.05) is 4.72 Å². The molecular formula is C23H19BrF6N2O4S2. The van der Waals surface area contributed by atoms with Crippen molar-refractivity contribution in [2.45, 2.75) is 48.8 Å². The van der Waals surface area contributed by atoms with Crippen molar-refractivity contribution < 1.29 is 43.2 Å². The third-order valence-electron chi connectivity index (χ3n) is 6.47. The van der Waals surface area contributed by atoms with Crippen LogP contribution in [0.25, 0.3) is 0 Å². The molecule has 3 aromatic rings. The molecule has 0 saturated heterocycles. The minimum atomic E-state index is -4.85. The van der Waals surface area contributed by atoms with Crippen LogP contribution in [0, 0.1) is 24.0 Å². The Labute approximate surface area is 222 Å². The lowest BCUT2D eigenvalue weighted by Gasteiger charge is -2.36.